The number of methoxy groups -OCH3 is 1. The standard InChI is InChI=1S/C20H26FN5O3/c1-29-12-11-25-20(28)26(15-8-9-15)18(23-25)14-5-4-10-24(13-14)19(27)22-17-7-3-2-6-16(17)21/h2-3,6-7,14-15H,4-5,8-13H2,1H3,(H,22,27). The number of halogens is 1. The second kappa shape index (κ2) is 8.36. The molecule has 1 saturated heterocycles. The number of ether oxygens (including phenoxy) is 1. The van der Waals surface area contributed by atoms with Gasteiger partial charge in [-0.15, -0.1) is 0 Å². The maximum Gasteiger partial charge on any atom is 0.346 e. The summed E-state index contributed by atoms with van der Waals surface area (Å²) in [4.78, 5) is 27.1. The molecule has 29 heavy (non-hydrogen) atoms. The molecular weight excluding hydrogens is 377 g/mol. The van der Waals surface area contributed by atoms with E-state index in [2.05, 4.69) is 10.4 Å². The summed E-state index contributed by atoms with van der Waals surface area (Å²) in [5.41, 5.74) is 0.0610. The van der Waals surface area contributed by atoms with Gasteiger partial charge in [0.2, 0.25) is 0 Å². The molecule has 0 spiro atoms. The molecule has 1 aliphatic carbocycles. The lowest BCUT2D eigenvalue weighted by atomic mass is 9.97. The van der Waals surface area contributed by atoms with E-state index in [1.54, 1.807) is 28.7 Å². The van der Waals surface area contributed by atoms with Crippen LogP contribution in [0.1, 0.15) is 43.5 Å². The molecule has 2 amide bonds. The number of likely N-dealkylation sites (tertiary alicyclic amines) is 1. The Bertz CT molecular complexity index is 936. The number of hydrogen-bond acceptors (Lipinski definition) is 4. The monoisotopic (exact) mass is 403 g/mol. The normalized spacial score (nSPS) is 19.4. The Balaban J connectivity index is 1.52. The second-order valence-electron chi connectivity index (χ2n) is 7.65. The quantitative estimate of drug-likeness (QED) is 0.804. The Hall–Kier alpha value is -2.68. The number of anilines is 1. The van der Waals surface area contributed by atoms with Gasteiger partial charge in [0, 0.05) is 32.2 Å². The van der Waals surface area contributed by atoms with E-state index in [4.69, 9.17) is 4.74 Å². The van der Waals surface area contributed by atoms with Gasteiger partial charge in [-0.25, -0.2) is 18.7 Å². The first-order valence-electron chi connectivity index (χ1n) is 10.1. The van der Waals surface area contributed by atoms with E-state index in [0.717, 1.165) is 31.5 Å². The van der Waals surface area contributed by atoms with Crippen LogP contribution in [0.4, 0.5) is 14.9 Å². The van der Waals surface area contributed by atoms with E-state index in [9.17, 15) is 14.0 Å². The number of nitrogens with one attached hydrogen (secondary N) is 1. The van der Waals surface area contributed by atoms with Gasteiger partial charge in [0.1, 0.15) is 11.6 Å². The number of piperidine rings is 1. The molecule has 1 aromatic carbocycles. The van der Waals surface area contributed by atoms with E-state index in [-0.39, 0.29) is 29.4 Å². The highest BCUT2D eigenvalue weighted by molar-refractivity contribution is 5.89. The fraction of sp³-hybridized carbons (Fsp3) is 0.550. The average Bonchev–Trinajstić information content (AvgIpc) is 3.51. The number of para-hydroxylation sites is 1. The highest BCUT2D eigenvalue weighted by Crippen LogP contribution is 2.37. The first-order valence-corrected chi connectivity index (χ1v) is 10.1. The number of carbonyl (C=O) groups is 1. The fourth-order valence-corrected chi connectivity index (χ4v) is 3.84. The molecule has 4 rings (SSSR count). The van der Waals surface area contributed by atoms with Crippen LogP contribution in [0.2, 0.25) is 0 Å². The van der Waals surface area contributed by atoms with Crippen molar-refractivity contribution in [2.45, 2.75) is 44.2 Å². The van der Waals surface area contributed by atoms with Gasteiger partial charge in [0.05, 0.1) is 18.8 Å². The number of carbonyl (C=O) groups excluding carboxylic acids is 1. The lowest BCUT2D eigenvalue weighted by Gasteiger charge is -2.32. The molecule has 1 N–H and O–H groups in total. The van der Waals surface area contributed by atoms with Crippen molar-refractivity contribution in [1.82, 2.24) is 19.2 Å². The topological polar surface area (TPSA) is 81.4 Å². The Kier molecular flexibility index (Phi) is 5.66. The Morgan fingerprint density at radius 1 is 1.31 bits per heavy atom. The van der Waals surface area contributed by atoms with Gasteiger partial charge in [0.25, 0.3) is 0 Å². The summed E-state index contributed by atoms with van der Waals surface area (Å²) in [6.07, 6.45) is 3.62. The summed E-state index contributed by atoms with van der Waals surface area (Å²) in [6, 6.07) is 5.99. The molecule has 2 fully saturated rings. The van der Waals surface area contributed by atoms with Crippen molar-refractivity contribution in [3.05, 3.63) is 46.4 Å². The molecule has 1 aromatic heterocycles. The predicted octanol–water partition coefficient (Wildman–Crippen LogP) is 2.58. The Morgan fingerprint density at radius 2 is 2.10 bits per heavy atom. The molecule has 2 aromatic rings. The van der Waals surface area contributed by atoms with Crippen molar-refractivity contribution < 1.29 is 13.9 Å². The van der Waals surface area contributed by atoms with Gasteiger partial charge < -0.3 is 15.0 Å². The zero-order valence-electron chi connectivity index (χ0n) is 16.5. The number of urea groups is 1. The third kappa shape index (κ3) is 4.19. The highest BCUT2D eigenvalue weighted by atomic mass is 19.1. The first-order chi connectivity index (χ1) is 14.1. The van der Waals surface area contributed by atoms with Crippen LogP contribution in [0.15, 0.2) is 29.1 Å². The van der Waals surface area contributed by atoms with Crippen molar-refractivity contribution in [2.75, 3.05) is 32.1 Å². The van der Waals surface area contributed by atoms with Crippen LogP contribution in [0.25, 0.3) is 0 Å². The molecule has 9 heteroatoms. The van der Waals surface area contributed by atoms with Crippen LogP contribution in [0.3, 0.4) is 0 Å². The first kappa shape index (κ1) is 19.6. The van der Waals surface area contributed by atoms with Crippen LogP contribution in [0.5, 0.6) is 0 Å². The number of benzene rings is 1. The molecular formula is C20H26FN5O3. The SMILES string of the molecule is COCCn1nc(C2CCCN(C(=O)Nc3ccccc3F)C2)n(C2CC2)c1=O. The number of hydrogen-bond donors (Lipinski definition) is 1. The van der Waals surface area contributed by atoms with Crippen molar-refractivity contribution in [3.63, 3.8) is 0 Å². The van der Waals surface area contributed by atoms with Crippen LogP contribution in [0, 0.1) is 5.82 Å². The highest BCUT2D eigenvalue weighted by Gasteiger charge is 2.35. The Morgan fingerprint density at radius 3 is 2.83 bits per heavy atom. The molecule has 8 nitrogen and oxygen atoms in total. The van der Waals surface area contributed by atoms with Gasteiger partial charge in [-0.05, 0) is 37.8 Å². The van der Waals surface area contributed by atoms with Crippen molar-refractivity contribution in [1.29, 1.82) is 0 Å². The Labute approximate surface area is 168 Å². The molecule has 0 bridgehead atoms. The van der Waals surface area contributed by atoms with Crippen LogP contribution in [-0.2, 0) is 11.3 Å². The largest absolute Gasteiger partial charge is 0.383 e. The van der Waals surface area contributed by atoms with E-state index >= 15 is 0 Å². The van der Waals surface area contributed by atoms with E-state index in [1.807, 2.05) is 0 Å². The van der Waals surface area contributed by atoms with Crippen LogP contribution >= 0.6 is 0 Å². The molecule has 1 unspecified atom stereocenters. The lowest BCUT2D eigenvalue weighted by molar-refractivity contribution is 0.181. The molecule has 1 aliphatic heterocycles. The minimum Gasteiger partial charge on any atom is -0.383 e. The van der Waals surface area contributed by atoms with Gasteiger partial charge in [-0.2, -0.15) is 5.10 Å². The molecule has 1 saturated carbocycles. The third-order valence-electron chi connectivity index (χ3n) is 5.51. The zero-order valence-corrected chi connectivity index (χ0v) is 16.5. The second-order valence-corrected chi connectivity index (χ2v) is 7.65. The maximum atomic E-state index is 13.9. The molecule has 156 valence electrons. The number of rotatable bonds is 6. The number of aromatic nitrogens is 3. The van der Waals surface area contributed by atoms with Crippen LogP contribution < -0.4 is 11.0 Å². The molecule has 1 atom stereocenters. The molecule has 0 radical (unpaired) electrons. The van der Waals surface area contributed by atoms with Crippen molar-refractivity contribution >= 4 is 11.7 Å². The van der Waals surface area contributed by atoms with E-state index in [1.165, 1.54) is 16.8 Å². The van der Waals surface area contributed by atoms with Crippen molar-refractivity contribution in [2.24, 2.45) is 0 Å². The van der Waals surface area contributed by atoms with Gasteiger partial charge in [0.15, 0.2) is 0 Å². The minimum absolute atomic E-state index is 0.0211. The zero-order chi connectivity index (χ0) is 20.4. The minimum atomic E-state index is -0.464. The summed E-state index contributed by atoms with van der Waals surface area (Å²) in [7, 11) is 1.59. The number of nitrogens with zero attached hydrogens (tertiary/aromatic N) is 4. The lowest BCUT2D eigenvalue weighted by Crippen LogP contribution is -2.42. The summed E-state index contributed by atoms with van der Waals surface area (Å²) in [5.74, 6) is 0.262. The maximum absolute atomic E-state index is 13.9. The predicted molar refractivity (Wildman–Crippen MR) is 106 cm³/mol. The fourth-order valence-electron chi connectivity index (χ4n) is 3.84. The van der Waals surface area contributed by atoms with Crippen molar-refractivity contribution in [3.8, 4) is 0 Å². The molecule has 2 aliphatic rings. The van der Waals surface area contributed by atoms with Gasteiger partial charge in [-0.1, -0.05) is 12.1 Å². The summed E-state index contributed by atoms with van der Waals surface area (Å²) in [6.45, 7) is 1.87. The van der Waals surface area contributed by atoms with Gasteiger partial charge in [-0.3, -0.25) is 4.57 Å². The van der Waals surface area contributed by atoms with E-state index in [0.29, 0.717) is 26.2 Å². The molecule has 2 heterocycles. The smallest absolute Gasteiger partial charge is 0.346 e. The number of amides is 2. The third-order valence-corrected chi connectivity index (χ3v) is 5.51. The average molecular weight is 403 g/mol. The van der Waals surface area contributed by atoms with Crippen LogP contribution in [-0.4, -0.2) is 52.1 Å². The summed E-state index contributed by atoms with van der Waals surface area (Å²) in [5, 5.41) is 7.24. The summed E-state index contributed by atoms with van der Waals surface area (Å²) < 4.78 is 22.2. The van der Waals surface area contributed by atoms with Gasteiger partial charge >= 0.3 is 11.7 Å². The summed E-state index contributed by atoms with van der Waals surface area (Å²) >= 11 is 0. The van der Waals surface area contributed by atoms with E-state index < -0.39 is 5.82 Å².